The maximum atomic E-state index is 12.6. The van der Waals surface area contributed by atoms with E-state index < -0.39 is 20.0 Å². The smallest absolute Gasteiger partial charge is 0.252 e. The number of hydrogen-bond donors (Lipinski definition) is 1. The van der Waals surface area contributed by atoms with Crippen molar-refractivity contribution in [3.05, 3.63) is 46.8 Å². The molecule has 0 atom stereocenters. The van der Waals surface area contributed by atoms with Crippen LogP contribution in [0.4, 0.5) is 0 Å². The monoisotopic (exact) mass is 471 g/mol. The fraction of sp³-hybridized carbons (Fsp3) is 0.421. The fourth-order valence-electron chi connectivity index (χ4n) is 3.16. The third kappa shape index (κ3) is 4.92. The number of benzene rings is 1. The Morgan fingerprint density at radius 2 is 1.73 bits per heavy atom. The minimum Gasteiger partial charge on any atom is -0.352 e. The van der Waals surface area contributed by atoms with E-state index in [1.807, 2.05) is 0 Å². The highest BCUT2D eigenvalue weighted by Gasteiger charge is 2.28. The molecule has 2 aromatic rings. The van der Waals surface area contributed by atoms with Gasteiger partial charge in [-0.15, -0.1) is 11.3 Å². The van der Waals surface area contributed by atoms with Crippen LogP contribution in [0.3, 0.4) is 0 Å². The molecule has 0 spiro atoms. The number of amides is 1. The lowest BCUT2D eigenvalue weighted by molar-refractivity contribution is -0.120. The summed E-state index contributed by atoms with van der Waals surface area (Å²) in [6.07, 6.45) is 1.76. The average molecular weight is 472 g/mol. The van der Waals surface area contributed by atoms with Crippen molar-refractivity contribution in [1.29, 1.82) is 0 Å². The van der Waals surface area contributed by atoms with Crippen molar-refractivity contribution in [2.45, 2.75) is 34.9 Å². The summed E-state index contributed by atoms with van der Waals surface area (Å²) in [7, 11) is -4.21. The second-order valence-corrected chi connectivity index (χ2v) is 12.6. The molecular formula is C19H25N3O5S3. The fourth-order valence-corrected chi connectivity index (χ4v) is 7.30. The van der Waals surface area contributed by atoms with E-state index in [4.69, 9.17) is 0 Å². The maximum absolute atomic E-state index is 12.6. The lowest BCUT2D eigenvalue weighted by Crippen LogP contribution is -2.27. The number of sulfonamides is 2. The molecule has 11 heteroatoms. The largest absolute Gasteiger partial charge is 0.352 e. The van der Waals surface area contributed by atoms with Crippen molar-refractivity contribution in [3.63, 3.8) is 0 Å². The molecule has 3 rings (SSSR count). The molecule has 1 aliphatic heterocycles. The normalized spacial score (nSPS) is 15.6. The Hall–Kier alpha value is -1.79. The molecule has 0 saturated carbocycles. The maximum Gasteiger partial charge on any atom is 0.252 e. The Balaban J connectivity index is 1.65. The lowest BCUT2D eigenvalue weighted by Gasteiger charge is -2.15. The molecule has 0 radical (unpaired) electrons. The quantitative estimate of drug-likeness (QED) is 0.630. The molecule has 0 bridgehead atoms. The van der Waals surface area contributed by atoms with Crippen LogP contribution in [0.5, 0.6) is 0 Å². The van der Waals surface area contributed by atoms with Gasteiger partial charge >= 0.3 is 0 Å². The number of rotatable bonds is 8. The molecule has 30 heavy (non-hydrogen) atoms. The highest BCUT2D eigenvalue weighted by atomic mass is 32.2. The second-order valence-electron chi connectivity index (χ2n) is 7.18. The van der Waals surface area contributed by atoms with E-state index >= 15 is 0 Å². The first-order valence-corrected chi connectivity index (χ1v) is 13.2. The minimum atomic E-state index is -3.62. The van der Waals surface area contributed by atoms with Crippen LogP contribution in [0.2, 0.25) is 0 Å². The zero-order chi connectivity index (χ0) is 21.9. The number of hydrogen-bond acceptors (Lipinski definition) is 6. The van der Waals surface area contributed by atoms with E-state index in [1.165, 1.54) is 24.5 Å². The topological polar surface area (TPSA) is 104 Å². The van der Waals surface area contributed by atoms with Gasteiger partial charge in [0, 0.05) is 38.6 Å². The van der Waals surface area contributed by atoms with Gasteiger partial charge in [-0.25, -0.2) is 21.1 Å². The zero-order valence-electron chi connectivity index (χ0n) is 16.9. The zero-order valence-corrected chi connectivity index (χ0v) is 19.3. The lowest BCUT2D eigenvalue weighted by atomic mass is 10.2. The first-order chi connectivity index (χ1) is 14.1. The minimum absolute atomic E-state index is 0.0305. The van der Waals surface area contributed by atoms with Crippen LogP contribution < -0.4 is 5.32 Å². The summed E-state index contributed by atoms with van der Waals surface area (Å²) in [5.41, 5.74) is 0.489. The first-order valence-electron chi connectivity index (χ1n) is 9.48. The second kappa shape index (κ2) is 9.15. The number of thiophene rings is 1. The van der Waals surface area contributed by atoms with E-state index in [0.717, 1.165) is 28.5 Å². The highest BCUT2D eigenvalue weighted by molar-refractivity contribution is 7.91. The van der Waals surface area contributed by atoms with E-state index in [1.54, 1.807) is 30.3 Å². The van der Waals surface area contributed by atoms with Crippen molar-refractivity contribution in [2.24, 2.45) is 0 Å². The molecule has 1 amide bonds. The average Bonchev–Trinajstić information content (AvgIpc) is 3.39. The van der Waals surface area contributed by atoms with Crippen molar-refractivity contribution >= 4 is 37.3 Å². The van der Waals surface area contributed by atoms with E-state index in [9.17, 15) is 21.6 Å². The molecule has 1 aromatic carbocycles. The van der Waals surface area contributed by atoms with Crippen molar-refractivity contribution in [2.75, 3.05) is 27.2 Å². The van der Waals surface area contributed by atoms with Gasteiger partial charge < -0.3 is 5.32 Å². The van der Waals surface area contributed by atoms with Gasteiger partial charge in [0.2, 0.25) is 15.9 Å². The Morgan fingerprint density at radius 3 is 2.40 bits per heavy atom. The summed E-state index contributed by atoms with van der Waals surface area (Å²) in [5, 5.41) is 2.73. The van der Waals surface area contributed by atoms with Gasteiger partial charge in [0.15, 0.2) is 0 Å². The van der Waals surface area contributed by atoms with E-state index in [-0.39, 0.29) is 28.0 Å². The highest BCUT2D eigenvalue weighted by Crippen LogP contribution is 2.27. The predicted molar refractivity (Wildman–Crippen MR) is 115 cm³/mol. The van der Waals surface area contributed by atoms with E-state index in [2.05, 4.69) is 5.32 Å². The Kier molecular flexibility index (Phi) is 6.98. The van der Waals surface area contributed by atoms with Crippen LogP contribution >= 0.6 is 11.3 Å². The van der Waals surface area contributed by atoms with Crippen LogP contribution in [0.1, 0.15) is 23.3 Å². The standard InChI is InChI=1S/C19H25N3O5S3/c1-21(2)29(24,25)17-8-4-3-7-15(17)14-20-18(23)13-16-9-10-19(28-16)30(26,27)22-11-5-6-12-22/h3-4,7-10H,5-6,11-14H2,1-2H3,(H,20,23). The molecule has 164 valence electrons. The van der Waals surface area contributed by atoms with Gasteiger partial charge in [-0.3, -0.25) is 4.79 Å². The molecule has 1 N–H and O–H groups in total. The van der Waals surface area contributed by atoms with Gasteiger partial charge in [0.1, 0.15) is 4.21 Å². The van der Waals surface area contributed by atoms with Crippen LogP contribution in [0.15, 0.2) is 45.5 Å². The van der Waals surface area contributed by atoms with Crippen molar-refractivity contribution in [3.8, 4) is 0 Å². The summed E-state index contributed by atoms with van der Waals surface area (Å²) in [6, 6.07) is 9.70. The van der Waals surface area contributed by atoms with Crippen LogP contribution in [-0.4, -0.2) is 58.5 Å². The molecule has 1 saturated heterocycles. The van der Waals surface area contributed by atoms with Gasteiger partial charge in [-0.05, 0) is 36.6 Å². The van der Waals surface area contributed by atoms with Crippen molar-refractivity contribution in [1.82, 2.24) is 13.9 Å². The Bertz CT molecular complexity index is 1120. The number of nitrogens with zero attached hydrogens (tertiary/aromatic N) is 2. The number of carbonyl (C=O) groups excluding carboxylic acids is 1. The van der Waals surface area contributed by atoms with Crippen LogP contribution in [0, 0.1) is 0 Å². The Labute approximate surface area is 181 Å². The van der Waals surface area contributed by atoms with Gasteiger partial charge in [-0.1, -0.05) is 18.2 Å². The summed E-state index contributed by atoms with van der Waals surface area (Å²) in [6.45, 7) is 1.13. The SMILES string of the molecule is CN(C)S(=O)(=O)c1ccccc1CNC(=O)Cc1ccc(S(=O)(=O)N2CCCC2)s1. The summed E-state index contributed by atoms with van der Waals surface area (Å²) in [4.78, 5) is 13.2. The van der Waals surface area contributed by atoms with Crippen LogP contribution in [0.25, 0.3) is 0 Å². The molecule has 0 unspecified atom stereocenters. The van der Waals surface area contributed by atoms with Gasteiger partial charge in [-0.2, -0.15) is 4.31 Å². The molecule has 8 nitrogen and oxygen atoms in total. The molecular weight excluding hydrogens is 446 g/mol. The first kappa shape index (κ1) is 22.9. The van der Waals surface area contributed by atoms with E-state index in [0.29, 0.717) is 23.5 Å². The predicted octanol–water partition coefficient (Wildman–Crippen LogP) is 1.64. The number of nitrogens with one attached hydrogen (secondary N) is 1. The van der Waals surface area contributed by atoms with Gasteiger partial charge in [0.05, 0.1) is 11.3 Å². The third-order valence-corrected chi connectivity index (χ3v) is 10.2. The van der Waals surface area contributed by atoms with Crippen LogP contribution in [-0.2, 0) is 37.8 Å². The molecule has 1 aromatic heterocycles. The molecule has 1 fully saturated rings. The molecule has 2 heterocycles. The van der Waals surface area contributed by atoms with Crippen molar-refractivity contribution < 1.29 is 21.6 Å². The summed E-state index contributed by atoms with van der Waals surface area (Å²) >= 11 is 1.09. The number of carbonyl (C=O) groups is 1. The third-order valence-electron chi connectivity index (χ3n) is 4.84. The van der Waals surface area contributed by atoms with Gasteiger partial charge in [0.25, 0.3) is 10.0 Å². The molecule has 0 aliphatic carbocycles. The summed E-state index contributed by atoms with van der Waals surface area (Å²) in [5.74, 6) is -0.306. The summed E-state index contributed by atoms with van der Waals surface area (Å²) < 4.78 is 53.0. The molecule has 1 aliphatic rings. The Morgan fingerprint density at radius 1 is 1.07 bits per heavy atom.